The number of aliphatic carboxylic acids is 1. The number of carbonyl (C=O) groups excluding carboxylic acids is 2. The zero-order valence-corrected chi connectivity index (χ0v) is 11.4. The smallest absolute Gasteiger partial charge is 0.341 e. The average Bonchev–Trinajstić information content (AvgIpc) is 2.45. The van der Waals surface area contributed by atoms with E-state index in [2.05, 4.69) is 10.1 Å². The van der Waals surface area contributed by atoms with Gasteiger partial charge in [0, 0.05) is 5.69 Å². The summed E-state index contributed by atoms with van der Waals surface area (Å²) >= 11 is 0. The van der Waals surface area contributed by atoms with E-state index in [1.807, 2.05) is 0 Å². The summed E-state index contributed by atoms with van der Waals surface area (Å²) in [6, 6.07) is 4.54. The van der Waals surface area contributed by atoms with Gasteiger partial charge >= 0.3 is 11.9 Å². The highest BCUT2D eigenvalue weighted by Gasteiger charge is 2.23. The van der Waals surface area contributed by atoms with E-state index in [0.29, 0.717) is 11.4 Å². The molecule has 0 bridgehead atoms. The molecule has 0 saturated heterocycles. The highest BCUT2D eigenvalue weighted by molar-refractivity contribution is 6.08. The van der Waals surface area contributed by atoms with Gasteiger partial charge in [-0.25, -0.2) is 9.59 Å². The number of hydrogen-bond donors (Lipinski definition) is 3. The van der Waals surface area contributed by atoms with Gasteiger partial charge in [0.05, 0.1) is 6.61 Å². The Balaban J connectivity index is 2.56. The van der Waals surface area contributed by atoms with Gasteiger partial charge in [-0.3, -0.25) is 4.79 Å². The number of ether oxygens (including phenoxy) is 2. The molecule has 0 fully saturated rings. The molecule has 0 aromatic heterocycles. The lowest BCUT2D eigenvalue weighted by Crippen LogP contribution is -2.43. The first-order valence-electron chi connectivity index (χ1n) is 6.11. The van der Waals surface area contributed by atoms with Crippen LogP contribution in [-0.4, -0.2) is 42.2 Å². The molecule has 0 heterocycles. The van der Waals surface area contributed by atoms with Crippen molar-refractivity contribution in [2.45, 2.75) is 13.0 Å². The number of carboxylic acid groups (broad SMARTS) is 1. The van der Waals surface area contributed by atoms with Crippen LogP contribution in [0.1, 0.15) is 6.92 Å². The van der Waals surface area contributed by atoms with Gasteiger partial charge in [-0.1, -0.05) is 0 Å². The second-order valence-electron chi connectivity index (χ2n) is 3.93. The van der Waals surface area contributed by atoms with Crippen LogP contribution in [0.15, 0.2) is 24.3 Å². The molecule has 8 heteroatoms. The van der Waals surface area contributed by atoms with E-state index in [1.165, 1.54) is 24.3 Å². The SMILES string of the molecule is CCOC(=O)C(N)C(=O)Nc1ccc(OCC(=O)O)cc1. The second kappa shape index (κ2) is 7.85. The molecular formula is C13H16N2O6. The van der Waals surface area contributed by atoms with E-state index in [-0.39, 0.29) is 6.61 Å². The molecule has 1 atom stereocenters. The zero-order chi connectivity index (χ0) is 15.8. The highest BCUT2D eigenvalue weighted by Crippen LogP contribution is 2.15. The molecule has 0 spiro atoms. The highest BCUT2D eigenvalue weighted by atomic mass is 16.5. The lowest BCUT2D eigenvalue weighted by Gasteiger charge is -2.11. The van der Waals surface area contributed by atoms with E-state index >= 15 is 0 Å². The number of esters is 1. The minimum absolute atomic E-state index is 0.134. The van der Waals surface area contributed by atoms with Crippen LogP contribution in [-0.2, 0) is 19.1 Å². The van der Waals surface area contributed by atoms with E-state index in [0.717, 1.165) is 0 Å². The molecule has 4 N–H and O–H groups in total. The second-order valence-corrected chi connectivity index (χ2v) is 3.93. The Morgan fingerprint density at radius 1 is 1.29 bits per heavy atom. The molecule has 114 valence electrons. The summed E-state index contributed by atoms with van der Waals surface area (Å²) in [7, 11) is 0. The molecule has 0 radical (unpaired) electrons. The Bertz CT molecular complexity index is 514. The summed E-state index contributed by atoms with van der Waals surface area (Å²) in [5.74, 6) is -2.26. The fourth-order valence-electron chi connectivity index (χ4n) is 1.34. The van der Waals surface area contributed by atoms with Crippen molar-refractivity contribution >= 4 is 23.5 Å². The van der Waals surface area contributed by atoms with Crippen LogP contribution in [0.25, 0.3) is 0 Å². The minimum atomic E-state index is -1.41. The van der Waals surface area contributed by atoms with Crippen molar-refractivity contribution in [1.29, 1.82) is 0 Å². The Morgan fingerprint density at radius 3 is 2.43 bits per heavy atom. The van der Waals surface area contributed by atoms with Gasteiger partial charge in [0.1, 0.15) is 5.75 Å². The van der Waals surface area contributed by atoms with Crippen LogP contribution in [0.5, 0.6) is 5.75 Å². The van der Waals surface area contributed by atoms with Crippen LogP contribution in [0.4, 0.5) is 5.69 Å². The number of nitrogens with two attached hydrogens (primary N) is 1. The van der Waals surface area contributed by atoms with Crippen molar-refractivity contribution in [3.05, 3.63) is 24.3 Å². The number of hydrogen-bond acceptors (Lipinski definition) is 6. The maximum absolute atomic E-state index is 11.7. The van der Waals surface area contributed by atoms with Gasteiger partial charge < -0.3 is 25.6 Å². The maximum Gasteiger partial charge on any atom is 0.341 e. The van der Waals surface area contributed by atoms with E-state index in [9.17, 15) is 14.4 Å². The lowest BCUT2D eigenvalue weighted by molar-refractivity contribution is -0.147. The number of benzene rings is 1. The molecule has 21 heavy (non-hydrogen) atoms. The third kappa shape index (κ3) is 5.49. The molecule has 0 aliphatic heterocycles. The first-order valence-corrected chi connectivity index (χ1v) is 6.11. The van der Waals surface area contributed by atoms with Gasteiger partial charge in [-0.15, -0.1) is 0 Å². The molecule has 1 amide bonds. The summed E-state index contributed by atoms with van der Waals surface area (Å²) in [5, 5.41) is 10.9. The van der Waals surface area contributed by atoms with Crippen molar-refractivity contribution in [3.63, 3.8) is 0 Å². The summed E-state index contributed by atoms with van der Waals surface area (Å²) in [6.45, 7) is 1.28. The van der Waals surface area contributed by atoms with Crippen molar-refractivity contribution < 1.29 is 29.0 Å². The van der Waals surface area contributed by atoms with Crippen LogP contribution in [0.2, 0.25) is 0 Å². The fourth-order valence-corrected chi connectivity index (χ4v) is 1.34. The largest absolute Gasteiger partial charge is 0.482 e. The monoisotopic (exact) mass is 296 g/mol. The molecule has 0 saturated carbocycles. The molecule has 0 aliphatic rings. The van der Waals surface area contributed by atoms with Gasteiger partial charge in [0.15, 0.2) is 12.6 Å². The number of carbonyl (C=O) groups is 3. The Hall–Kier alpha value is -2.61. The number of carboxylic acids is 1. The Labute approximate surface area is 120 Å². The summed E-state index contributed by atoms with van der Waals surface area (Å²) in [5.41, 5.74) is 5.82. The van der Waals surface area contributed by atoms with Crippen molar-refractivity contribution in [1.82, 2.24) is 0 Å². The molecule has 1 aromatic rings. The fraction of sp³-hybridized carbons (Fsp3) is 0.308. The van der Waals surface area contributed by atoms with Crippen molar-refractivity contribution in [2.24, 2.45) is 5.73 Å². The summed E-state index contributed by atoms with van der Waals surface area (Å²) < 4.78 is 9.57. The quantitative estimate of drug-likeness (QED) is 0.476. The lowest BCUT2D eigenvalue weighted by atomic mass is 10.2. The van der Waals surface area contributed by atoms with E-state index in [1.54, 1.807) is 6.92 Å². The number of anilines is 1. The van der Waals surface area contributed by atoms with Gasteiger partial charge in [0.25, 0.3) is 5.91 Å². The van der Waals surface area contributed by atoms with Crippen LogP contribution < -0.4 is 15.8 Å². The van der Waals surface area contributed by atoms with Crippen LogP contribution >= 0.6 is 0 Å². The standard InChI is InChI=1S/C13H16N2O6/c1-2-20-13(19)11(14)12(18)15-8-3-5-9(6-4-8)21-7-10(16)17/h3-6,11H,2,7,14H2,1H3,(H,15,18)(H,16,17). The van der Waals surface area contributed by atoms with Crippen molar-refractivity contribution in [3.8, 4) is 5.75 Å². The number of rotatable bonds is 7. The van der Waals surface area contributed by atoms with Crippen molar-refractivity contribution in [2.75, 3.05) is 18.5 Å². The van der Waals surface area contributed by atoms with E-state index in [4.69, 9.17) is 15.6 Å². The Morgan fingerprint density at radius 2 is 1.90 bits per heavy atom. The molecule has 1 unspecified atom stereocenters. The van der Waals surface area contributed by atoms with Gasteiger partial charge in [-0.2, -0.15) is 0 Å². The first-order chi connectivity index (χ1) is 9.93. The third-order valence-electron chi connectivity index (χ3n) is 2.31. The topological polar surface area (TPSA) is 128 Å². The maximum atomic E-state index is 11.7. The van der Waals surface area contributed by atoms with Crippen LogP contribution in [0, 0.1) is 0 Å². The summed E-state index contributed by atoms with van der Waals surface area (Å²) in [4.78, 5) is 33.3. The predicted molar refractivity (Wildman–Crippen MR) is 72.8 cm³/mol. The zero-order valence-electron chi connectivity index (χ0n) is 11.4. The molecule has 8 nitrogen and oxygen atoms in total. The number of nitrogens with one attached hydrogen (secondary N) is 1. The average molecular weight is 296 g/mol. The minimum Gasteiger partial charge on any atom is -0.482 e. The molecular weight excluding hydrogens is 280 g/mol. The van der Waals surface area contributed by atoms with Gasteiger partial charge in [0.2, 0.25) is 0 Å². The normalized spacial score (nSPS) is 11.3. The predicted octanol–water partition coefficient (Wildman–Crippen LogP) is -0.0211. The molecule has 1 aromatic carbocycles. The first kappa shape index (κ1) is 16.4. The third-order valence-corrected chi connectivity index (χ3v) is 2.31. The van der Waals surface area contributed by atoms with Crippen LogP contribution in [0.3, 0.4) is 0 Å². The number of amides is 1. The summed E-state index contributed by atoms with van der Waals surface area (Å²) in [6.07, 6.45) is 0. The van der Waals surface area contributed by atoms with E-state index < -0.39 is 30.5 Å². The molecule has 0 aliphatic carbocycles. The molecule has 1 rings (SSSR count). The van der Waals surface area contributed by atoms with Gasteiger partial charge in [-0.05, 0) is 31.2 Å². The Kier molecular flexibility index (Phi) is 6.15.